The lowest BCUT2D eigenvalue weighted by Crippen LogP contribution is -2.29. The van der Waals surface area contributed by atoms with Crippen LogP contribution in [0.15, 0.2) is 18.2 Å². The van der Waals surface area contributed by atoms with Gasteiger partial charge in [-0.1, -0.05) is 6.42 Å². The van der Waals surface area contributed by atoms with Gasteiger partial charge < -0.3 is 24.8 Å². The molecular weight excluding hydrogens is 316 g/mol. The Morgan fingerprint density at radius 1 is 1.22 bits per heavy atom. The molecule has 0 aliphatic carbocycles. The maximum atomic E-state index is 11.0. The number of anilines is 1. The van der Waals surface area contributed by atoms with Gasteiger partial charge in [0.1, 0.15) is 13.2 Å². The van der Waals surface area contributed by atoms with E-state index in [9.17, 15) is 4.79 Å². The van der Waals surface area contributed by atoms with Crippen LogP contribution in [0.3, 0.4) is 0 Å². The van der Waals surface area contributed by atoms with E-state index in [0.717, 1.165) is 43.0 Å². The Kier molecular flexibility index (Phi) is 6.93. The average Bonchev–Trinajstić information content (AvgIpc) is 2.57. The Balaban J connectivity index is 1.64. The quantitative estimate of drug-likeness (QED) is 0.450. The minimum Gasteiger partial charge on any atom is -0.486 e. The number of esters is 1. The fourth-order valence-electron chi connectivity index (χ4n) is 2.17. The molecule has 0 bridgehead atoms. The first-order valence-electron chi connectivity index (χ1n) is 7.70. The van der Waals surface area contributed by atoms with E-state index < -0.39 is 0 Å². The van der Waals surface area contributed by atoms with E-state index in [1.54, 1.807) is 0 Å². The van der Waals surface area contributed by atoms with Crippen LogP contribution in [0.25, 0.3) is 0 Å². The molecule has 0 spiro atoms. The van der Waals surface area contributed by atoms with Crippen molar-refractivity contribution >= 4 is 29.0 Å². The van der Waals surface area contributed by atoms with Gasteiger partial charge in [0.25, 0.3) is 0 Å². The zero-order valence-corrected chi connectivity index (χ0v) is 14.0. The van der Waals surface area contributed by atoms with E-state index in [2.05, 4.69) is 15.4 Å². The Morgan fingerprint density at radius 3 is 2.78 bits per heavy atom. The van der Waals surface area contributed by atoms with E-state index in [1.807, 2.05) is 18.2 Å². The summed E-state index contributed by atoms with van der Waals surface area (Å²) < 4.78 is 15.6. The van der Waals surface area contributed by atoms with Crippen LogP contribution in [0, 0.1) is 0 Å². The maximum absolute atomic E-state index is 11.0. The number of rotatable bonds is 7. The summed E-state index contributed by atoms with van der Waals surface area (Å²) >= 11 is 5.26. The molecule has 1 aromatic rings. The van der Waals surface area contributed by atoms with Crippen LogP contribution in [0.5, 0.6) is 11.5 Å². The molecule has 1 aliphatic rings. The number of nitrogens with one attached hydrogen (secondary N) is 2. The van der Waals surface area contributed by atoms with Crippen molar-refractivity contribution < 1.29 is 19.0 Å². The molecule has 23 heavy (non-hydrogen) atoms. The number of fused-ring (bicyclic) bond motifs is 1. The van der Waals surface area contributed by atoms with Crippen LogP contribution in [0.1, 0.15) is 25.7 Å². The number of thiocarbonyl (C=S) groups is 1. The average molecular weight is 338 g/mol. The van der Waals surface area contributed by atoms with Gasteiger partial charge in [-0.15, -0.1) is 0 Å². The molecule has 126 valence electrons. The zero-order valence-electron chi connectivity index (χ0n) is 13.2. The molecule has 2 rings (SSSR count). The van der Waals surface area contributed by atoms with Crippen LogP contribution < -0.4 is 20.1 Å². The summed E-state index contributed by atoms with van der Waals surface area (Å²) in [6.07, 6.45) is 3.20. The predicted octanol–water partition coefficient (Wildman–Crippen LogP) is 2.48. The minimum absolute atomic E-state index is 0.159. The lowest BCUT2D eigenvalue weighted by Gasteiger charge is -2.19. The molecule has 0 saturated heterocycles. The highest BCUT2D eigenvalue weighted by atomic mass is 32.1. The third-order valence-corrected chi connectivity index (χ3v) is 3.62. The van der Waals surface area contributed by atoms with Crippen LogP contribution in [-0.2, 0) is 9.53 Å². The van der Waals surface area contributed by atoms with Gasteiger partial charge in [-0.05, 0) is 37.2 Å². The highest BCUT2D eigenvalue weighted by Crippen LogP contribution is 2.32. The molecule has 0 saturated carbocycles. The molecule has 1 aliphatic heterocycles. The molecule has 0 aromatic heterocycles. The fraction of sp³-hybridized carbons (Fsp3) is 0.500. The largest absolute Gasteiger partial charge is 0.486 e. The van der Waals surface area contributed by atoms with Gasteiger partial charge >= 0.3 is 5.97 Å². The summed E-state index contributed by atoms with van der Waals surface area (Å²) in [5, 5.41) is 6.83. The van der Waals surface area contributed by atoms with Crippen LogP contribution in [0.4, 0.5) is 5.69 Å². The number of methoxy groups -OCH3 is 1. The number of unbranched alkanes of at least 4 members (excludes halogenated alkanes) is 2. The van der Waals surface area contributed by atoms with Crippen LogP contribution in [0.2, 0.25) is 0 Å². The summed E-state index contributed by atoms with van der Waals surface area (Å²) in [5.74, 6) is 1.33. The SMILES string of the molecule is COC(=O)CCCCCNC(=S)Nc1ccc2c(c1)OCCO2. The Hall–Kier alpha value is -2.02. The lowest BCUT2D eigenvalue weighted by molar-refractivity contribution is -0.140. The number of benzene rings is 1. The summed E-state index contributed by atoms with van der Waals surface area (Å²) in [7, 11) is 1.41. The van der Waals surface area contributed by atoms with E-state index in [1.165, 1.54) is 7.11 Å². The molecule has 2 N–H and O–H groups in total. The number of hydrogen-bond acceptors (Lipinski definition) is 5. The standard InChI is InChI=1S/C16H22N2O4S/c1-20-15(19)5-3-2-4-8-17-16(23)18-12-6-7-13-14(11-12)22-10-9-21-13/h6-7,11H,2-5,8-10H2,1H3,(H2,17,18,23). The monoisotopic (exact) mass is 338 g/mol. The third kappa shape index (κ3) is 5.94. The molecule has 7 heteroatoms. The van der Waals surface area contributed by atoms with Gasteiger partial charge in [-0.25, -0.2) is 0 Å². The molecule has 0 radical (unpaired) electrons. The number of carbonyl (C=O) groups is 1. The number of carbonyl (C=O) groups excluding carboxylic acids is 1. The smallest absolute Gasteiger partial charge is 0.305 e. The van der Waals surface area contributed by atoms with Crippen molar-refractivity contribution in [2.75, 3.05) is 32.2 Å². The van der Waals surface area contributed by atoms with Gasteiger partial charge in [0, 0.05) is 24.7 Å². The molecule has 0 amide bonds. The van der Waals surface area contributed by atoms with Crippen molar-refractivity contribution in [3.63, 3.8) is 0 Å². The first-order chi connectivity index (χ1) is 11.2. The summed E-state index contributed by atoms with van der Waals surface area (Å²) in [4.78, 5) is 11.0. The molecular formula is C16H22N2O4S. The normalized spacial score (nSPS) is 12.4. The van der Waals surface area contributed by atoms with Crippen LogP contribution >= 0.6 is 12.2 Å². The second-order valence-corrected chi connectivity index (χ2v) is 5.53. The van der Waals surface area contributed by atoms with Crippen molar-refractivity contribution in [1.82, 2.24) is 5.32 Å². The molecule has 1 heterocycles. The second kappa shape index (κ2) is 9.19. The molecule has 1 aromatic carbocycles. The van der Waals surface area contributed by atoms with Crippen molar-refractivity contribution in [2.45, 2.75) is 25.7 Å². The van der Waals surface area contributed by atoms with E-state index in [4.69, 9.17) is 21.7 Å². The third-order valence-electron chi connectivity index (χ3n) is 3.37. The second-order valence-electron chi connectivity index (χ2n) is 5.13. The number of hydrogen-bond donors (Lipinski definition) is 2. The fourth-order valence-corrected chi connectivity index (χ4v) is 2.39. The molecule has 6 nitrogen and oxygen atoms in total. The summed E-state index contributed by atoms with van der Waals surface area (Å²) in [6, 6.07) is 5.64. The topological polar surface area (TPSA) is 68.8 Å². The summed E-state index contributed by atoms with van der Waals surface area (Å²) in [6.45, 7) is 1.90. The highest BCUT2D eigenvalue weighted by Gasteiger charge is 2.11. The Labute approximate surface area is 141 Å². The van der Waals surface area contributed by atoms with E-state index in [0.29, 0.717) is 24.7 Å². The zero-order chi connectivity index (χ0) is 16.5. The van der Waals surface area contributed by atoms with Gasteiger partial charge in [0.05, 0.1) is 7.11 Å². The first-order valence-corrected chi connectivity index (χ1v) is 8.11. The van der Waals surface area contributed by atoms with Crippen molar-refractivity contribution in [1.29, 1.82) is 0 Å². The van der Waals surface area contributed by atoms with Gasteiger partial charge in [0.2, 0.25) is 0 Å². The van der Waals surface area contributed by atoms with Crippen molar-refractivity contribution in [3.8, 4) is 11.5 Å². The molecule has 0 fully saturated rings. The first kappa shape index (κ1) is 17.3. The minimum atomic E-state index is -0.159. The maximum Gasteiger partial charge on any atom is 0.305 e. The van der Waals surface area contributed by atoms with Gasteiger partial charge in [-0.2, -0.15) is 0 Å². The Bertz CT molecular complexity index is 551. The molecule has 0 atom stereocenters. The van der Waals surface area contributed by atoms with Crippen molar-refractivity contribution in [3.05, 3.63) is 18.2 Å². The van der Waals surface area contributed by atoms with Gasteiger partial charge in [-0.3, -0.25) is 4.79 Å². The Morgan fingerprint density at radius 2 is 2.00 bits per heavy atom. The van der Waals surface area contributed by atoms with Crippen molar-refractivity contribution in [2.24, 2.45) is 0 Å². The molecule has 0 unspecified atom stereocenters. The number of ether oxygens (including phenoxy) is 3. The van der Waals surface area contributed by atoms with E-state index >= 15 is 0 Å². The predicted molar refractivity (Wildman–Crippen MR) is 92.1 cm³/mol. The van der Waals surface area contributed by atoms with Gasteiger partial charge in [0.15, 0.2) is 16.6 Å². The van der Waals surface area contributed by atoms with Crippen LogP contribution in [-0.4, -0.2) is 38.0 Å². The lowest BCUT2D eigenvalue weighted by atomic mass is 10.2. The van der Waals surface area contributed by atoms with E-state index in [-0.39, 0.29) is 5.97 Å². The summed E-state index contributed by atoms with van der Waals surface area (Å²) in [5.41, 5.74) is 0.859. The highest BCUT2D eigenvalue weighted by molar-refractivity contribution is 7.80.